The second-order valence-corrected chi connectivity index (χ2v) is 6.47. The highest BCUT2D eigenvalue weighted by Crippen LogP contribution is 2.16. The number of carbonyl (C=O) groups excluding carboxylic acids is 3. The fourth-order valence-electron chi connectivity index (χ4n) is 2.62. The SMILES string of the molecule is C=CCOC(=O)N(C(=O)OCC=C)[C@@H](Cc1ccc(O)cc1)C(=O)NNc1ccccc1. The van der Waals surface area contributed by atoms with Gasteiger partial charge in [0.1, 0.15) is 25.0 Å². The lowest BCUT2D eigenvalue weighted by atomic mass is 10.0. The lowest BCUT2D eigenvalue weighted by molar-refractivity contribution is -0.125. The number of phenolic OH excluding ortho intramolecular Hbond substituents is 1. The van der Waals surface area contributed by atoms with Crippen molar-refractivity contribution in [2.45, 2.75) is 12.5 Å². The van der Waals surface area contributed by atoms with Gasteiger partial charge in [-0.15, -0.1) is 0 Å². The molecular weight excluding hydrogens is 414 g/mol. The number of hydrazine groups is 1. The van der Waals surface area contributed by atoms with Gasteiger partial charge in [0.15, 0.2) is 0 Å². The third-order valence-electron chi connectivity index (χ3n) is 4.13. The van der Waals surface area contributed by atoms with Gasteiger partial charge in [0, 0.05) is 6.42 Å². The maximum Gasteiger partial charge on any atom is 0.420 e. The van der Waals surface area contributed by atoms with Crippen LogP contribution in [0.5, 0.6) is 5.75 Å². The number of amides is 3. The van der Waals surface area contributed by atoms with Crippen LogP contribution in [0, 0.1) is 0 Å². The van der Waals surface area contributed by atoms with E-state index in [9.17, 15) is 19.5 Å². The van der Waals surface area contributed by atoms with Crippen LogP contribution < -0.4 is 10.9 Å². The van der Waals surface area contributed by atoms with Crippen LogP contribution in [0.3, 0.4) is 0 Å². The maximum atomic E-state index is 13.1. The zero-order valence-corrected chi connectivity index (χ0v) is 17.4. The highest BCUT2D eigenvalue weighted by Gasteiger charge is 2.37. The van der Waals surface area contributed by atoms with E-state index in [1.165, 1.54) is 24.3 Å². The van der Waals surface area contributed by atoms with E-state index in [0.717, 1.165) is 0 Å². The first-order valence-electron chi connectivity index (χ1n) is 9.69. The van der Waals surface area contributed by atoms with Crippen LogP contribution in [-0.2, 0) is 20.7 Å². The number of nitrogens with zero attached hydrogens (tertiary/aromatic N) is 1. The first-order chi connectivity index (χ1) is 15.5. The average molecular weight is 439 g/mol. The number of anilines is 1. The minimum atomic E-state index is -1.33. The first kappa shape index (κ1) is 24.0. The Morgan fingerprint density at radius 1 is 0.938 bits per heavy atom. The third-order valence-corrected chi connectivity index (χ3v) is 4.13. The molecular formula is C23H25N3O6. The van der Waals surface area contributed by atoms with Crippen molar-refractivity contribution >= 4 is 23.8 Å². The molecule has 0 fully saturated rings. The number of rotatable bonds is 10. The Bertz CT molecular complexity index is 907. The average Bonchev–Trinajstić information content (AvgIpc) is 2.81. The van der Waals surface area contributed by atoms with Crippen LogP contribution in [0.1, 0.15) is 5.56 Å². The van der Waals surface area contributed by atoms with E-state index >= 15 is 0 Å². The minimum absolute atomic E-state index is 0.0353. The fourth-order valence-corrected chi connectivity index (χ4v) is 2.62. The summed E-state index contributed by atoms with van der Waals surface area (Å²) < 4.78 is 10.0. The van der Waals surface area contributed by atoms with E-state index in [1.807, 2.05) is 6.07 Å². The van der Waals surface area contributed by atoms with Crippen LogP contribution in [0.2, 0.25) is 0 Å². The summed E-state index contributed by atoms with van der Waals surface area (Å²) in [5, 5.41) is 9.52. The number of nitrogens with one attached hydrogen (secondary N) is 2. The molecule has 0 spiro atoms. The molecule has 168 valence electrons. The molecule has 2 aromatic rings. The number of hydrogen-bond acceptors (Lipinski definition) is 7. The van der Waals surface area contributed by atoms with E-state index in [2.05, 4.69) is 24.0 Å². The number of phenols is 1. The second kappa shape index (κ2) is 12.4. The zero-order valence-electron chi connectivity index (χ0n) is 17.4. The van der Waals surface area contributed by atoms with Crippen molar-refractivity contribution in [3.05, 3.63) is 85.5 Å². The molecule has 2 aromatic carbocycles. The Balaban J connectivity index is 2.32. The Kier molecular flexibility index (Phi) is 9.32. The van der Waals surface area contributed by atoms with Gasteiger partial charge in [0.05, 0.1) is 5.69 Å². The number of para-hydroxylation sites is 1. The highest BCUT2D eigenvalue weighted by molar-refractivity contribution is 5.96. The molecule has 32 heavy (non-hydrogen) atoms. The standard InChI is InChI=1S/C23H25N3O6/c1-3-14-31-22(29)26(23(30)32-15-4-2)20(16-17-10-12-19(27)13-11-17)21(28)25-24-18-8-6-5-7-9-18/h3-13,20,24,27H,1-2,14-16H2,(H,25,28)/t20-/m0/s1. The largest absolute Gasteiger partial charge is 0.508 e. The van der Waals surface area contributed by atoms with Gasteiger partial charge in [-0.3, -0.25) is 15.6 Å². The van der Waals surface area contributed by atoms with Crippen LogP contribution in [0.25, 0.3) is 0 Å². The Labute approximate surface area is 185 Å². The Morgan fingerprint density at radius 2 is 1.50 bits per heavy atom. The van der Waals surface area contributed by atoms with Crippen LogP contribution in [0.15, 0.2) is 79.9 Å². The summed E-state index contributed by atoms with van der Waals surface area (Å²) in [7, 11) is 0. The number of hydrogen-bond donors (Lipinski definition) is 3. The second-order valence-electron chi connectivity index (χ2n) is 6.47. The molecule has 9 heteroatoms. The maximum absolute atomic E-state index is 13.1. The van der Waals surface area contributed by atoms with Crippen molar-refractivity contribution in [2.24, 2.45) is 0 Å². The lowest BCUT2D eigenvalue weighted by Gasteiger charge is -2.28. The summed E-state index contributed by atoms with van der Waals surface area (Å²) in [6, 6.07) is 13.5. The molecule has 0 aliphatic carbocycles. The number of aromatic hydroxyl groups is 1. The van der Waals surface area contributed by atoms with Gasteiger partial charge >= 0.3 is 12.2 Å². The number of imide groups is 1. The van der Waals surface area contributed by atoms with E-state index < -0.39 is 24.1 Å². The summed E-state index contributed by atoms with van der Waals surface area (Å²) in [5.41, 5.74) is 6.41. The van der Waals surface area contributed by atoms with E-state index in [1.54, 1.807) is 36.4 Å². The van der Waals surface area contributed by atoms with E-state index in [0.29, 0.717) is 16.2 Å². The molecule has 0 aliphatic heterocycles. The smallest absolute Gasteiger partial charge is 0.420 e. The Hall–Kier alpha value is -4.27. The highest BCUT2D eigenvalue weighted by atomic mass is 16.6. The molecule has 0 aliphatic rings. The van der Waals surface area contributed by atoms with Crippen molar-refractivity contribution in [3.63, 3.8) is 0 Å². The topological polar surface area (TPSA) is 117 Å². The molecule has 1 atom stereocenters. The minimum Gasteiger partial charge on any atom is -0.508 e. The zero-order chi connectivity index (χ0) is 23.3. The quantitative estimate of drug-likeness (QED) is 0.384. The molecule has 0 aromatic heterocycles. The third kappa shape index (κ3) is 7.21. The van der Waals surface area contributed by atoms with Crippen molar-refractivity contribution < 1.29 is 29.0 Å². The molecule has 0 heterocycles. The van der Waals surface area contributed by atoms with Crippen molar-refractivity contribution in [1.29, 1.82) is 0 Å². The predicted octanol–water partition coefficient (Wildman–Crippen LogP) is 3.39. The van der Waals surface area contributed by atoms with E-state index in [4.69, 9.17) is 9.47 Å². The van der Waals surface area contributed by atoms with Crippen molar-refractivity contribution in [1.82, 2.24) is 10.3 Å². The van der Waals surface area contributed by atoms with Crippen molar-refractivity contribution in [3.8, 4) is 5.75 Å². The van der Waals surface area contributed by atoms with Gasteiger partial charge in [-0.2, -0.15) is 4.90 Å². The molecule has 0 saturated carbocycles. The van der Waals surface area contributed by atoms with Gasteiger partial charge in [0.2, 0.25) is 0 Å². The van der Waals surface area contributed by atoms with E-state index in [-0.39, 0.29) is 25.4 Å². The van der Waals surface area contributed by atoms with Gasteiger partial charge in [-0.1, -0.05) is 55.6 Å². The fraction of sp³-hybridized carbons (Fsp3) is 0.174. The lowest BCUT2D eigenvalue weighted by Crippen LogP contribution is -2.54. The number of ether oxygens (including phenoxy) is 2. The predicted molar refractivity (Wildman–Crippen MR) is 119 cm³/mol. The number of carbonyl (C=O) groups is 3. The summed E-state index contributed by atoms with van der Waals surface area (Å²) >= 11 is 0. The van der Waals surface area contributed by atoms with Gasteiger partial charge in [-0.25, -0.2) is 9.59 Å². The van der Waals surface area contributed by atoms with Crippen LogP contribution in [-0.4, -0.2) is 47.4 Å². The normalized spacial score (nSPS) is 10.9. The molecule has 0 bridgehead atoms. The monoisotopic (exact) mass is 439 g/mol. The van der Waals surface area contributed by atoms with Gasteiger partial charge in [-0.05, 0) is 29.8 Å². The molecule has 9 nitrogen and oxygen atoms in total. The molecule has 3 amide bonds. The summed E-state index contributed by atoms with van der Waals surface area (Å²) in [6.07, 6.45) is 0.457. The van der Waals surface area contributed by atoms with Gasteiger partial charge < -0.3 is 14.6 Å². The Morgan fingerprint density at radius 3 is 2.03 bits per heavy atom. The van der Waals surface area contributed by atoms with Crippen LogP contribution in [0.4, 0.5) is 15.3 Å². The molecule has 2 rings (SSSR count). The first-order valence-corrected chi connectivity index (χ1v) is 9.69. The summed E-state index contributed by atoms with van der Waals surface area (Å²) in [5.74, 6) is -0.652. The molecule has 0 saturated heterocycles. The van der Waals surface area contributed by atoms with Gasteiger partial charge in [0.25, 0.3) is 5.91 Å². The summed E-state index contributed by atoms with van der Waals surface area (Å²) in [6.45, 7) is 6.60. The number of benzene rings is 2. The molecule has 3 N–H and O–H groups in total. The molecule has 0 radical (unpaired) electrons. The van der Waals surface area contributed by atoms with Crippen LogP contribution >= 0.6 is 0 Å². The van der Waals surface area contributed by atoms with Crippen molar-refractivity contribution in [2.75, 3.05) is 18.6 Å². The molecule has 0 unspecified atom stereocenters. The summed E-state index contributed by atoms with van der Waals surface area (Å²) in [4.78, 5) is 39.0.